The van der Waals surface area contributed by atoms with Crippen LogP contribution in [0.15, 0.2) is 88.3 Å². The van der Waals surface area contributed by atoms with Crippen LogP contribution in [0.25, 0.3) is 17.0 Å². The van der Waals surface area contributed by atoms with Gasteiger partial charge in [0.1, 0.15) is 11.6 Å². The maximum Gasteiger partial charge on any atom is 0.283 e. The molecule has 0 aliphatic carbocycles. The number of pyridine rings is 1. The van der Waals surface area contributed by atoms with Crippen molar-refractivity contribution in [3.05, 3.63) is 105 Å². The van der Waals surface area contributed by atoms with Crippen molar-refractivity contribution in [2.75, 3.05) is 5.32 Å². The van der Waals surface area contributed by atoms with Gasteiger partial charge in [0.15, 0.2) is 0 Å². The lowest BCUT2D eigenvalue weighted by molar-refractivity contribution is -0.387. The number of rotatable bonds is 6. The number of nitrogens with one attached hydrogen (secondary N) is 1. The van der Waals surface area contributed by atoms with Crippen molar-refractivity contribution in [2.24, 2.45) is 0 Å². The van der Waals surface area contributed by atoms with Gasteiger partial charge in [0.2, 0.25) is 0 Å². The third-order valence-electron chi connectivity index (χ3n) is 5.44. The van der Waals surface area contributed by atoms with Crippen LogP contribution in [0.5, 0.6) is 0 Å². The molecule has 35 heavy (non-hydrogen) atoms. The predicted molar refractivity (Wildman–Crippen MR) is 137 cm³/mol. The topological polar surface area (TPSA) is 109 Å². The average molecular weight is 481 g/mol. The summed E-state index contributed by atoms with van der Waals surface area (Å²) in [4.78, 5) is 29.6. The number of aromatic nitrogens is 1. The van der Waals surface area contributed by atoms with E-state index >= 15 is 0 Å². The standard InChI is InChI=1S/C27H20N4O3S/c1-17-8-10-22(13-18(17)2)30-27(32)21(16-28)14-19-9-11-24(23(15-19)31(33)34)35-25-7-3-5-20-6-4-12-29-26(20)25/h3-15H,1-2H3,(H,30,32)/b21-14+. The molecule has 1 amide bonds. The highest BCUT2D eigenvalue weighted by Crippen LogP contribution is 2.38. The fourth-order valence-corrected chi connectivity index (χ4v) is 4.49. The fraction of sp³-hybridized carbons (Fsp3) is 0.0741. The van der Waals surface area contributed by atoms with Gasteiger partial charge in [0.05, 0.1) is 15.3 Å². The molecule has 3 aromatic carbocycles. The summed E-state index contributed by atoms with van der Waals surface area (Å²) in [5.41, 5.74) is 3.52. The molecule has 0 saturated heterocycles. The number of amides is 1. The second-order valence-electron chi connectivity index (χ2n) is 7.84. The van der Waals surface area contributed by atoms with Gasteiger partial charge in [0, 0.05) is 28.2 Å². The maximum atomic E-state index is 12.6. The molecule has 172 valence electrons. The molecule has 4 aromatic rings. The molecule has 8 heteroatoms. The van der Waals surface area contributed by atoms with Crippen molar-refractivity contribution in [1.82, 2.24) is 4.98 Å². The van der Waals surface area contributed by atoms with E-state index in [4.69, 9.17) is 0 Å². The summed E-state index contributed by atoms with van der Waals surface area (Å²) in [6.45, 7) is 3.90. The molecule has 1 heterocycles. The van der Waals surface area contributed by atoms with Gasteiger partial charge in [-0.1, -0.05) is 42.1 Å². The Labute approximate surface area is 206 Å². The molecule has 7 nitrogen and oxygen atoms in total. The van der Waals surface area contributed by atoms with E-state index in [-0.39, 0.29) is 11.3 Å². The molecule has 1 N–H and O–H groups in total. The number of carbonyl (C=O) groups is 1. The van der Waals surface area contributed by atoms with Crippen LogP contribution in [0, 0.1) is 35.3 Å². The Morgan fingerprint density at radius 2 is 1.86 bits per heavy atom. The van der Waals surface area contributed by atoms with E-state index in [1.165, 1.54) is 23.9 Å². The van der Waals surface area contributed by atoms with Crippen molar-refractivity contribution in [3.63, 3.8) is 0 Å². The van der Waals surface area contributed by atoms with E-state index in [1.54, 1.807) is 24.4 Å². The first kappa shape index (κ1) is 23.7. The summed E-state index contributed by atoms with van der Waals surface area (Å²) < 4.78 is 0. The highest BCUT2D eigenvalue weighted by atomic mass is 32.2. The minimum atomic E-state index is -0.585. The van der Waals surface area contributed by atoms with Gasteiger partial charge in [-0.3, -0.25) is 19.9 Å². The number of nitro groups is 1. The Balaban J connectivity index is 1.63. The Kier molecular flexibility index (Phi) is 6.90. The van der Waals surface area contributed by atoms with Crippen molar-refractivity contribution in [3.8, 4) is 6.07 Å². The van der Waals surface area contributed by atoms with Crippen LogP contribution < -0.4 is 5.32 Å². The molecule has 0 aliphatic rings. The normalized spacial score (nSPS) is 11.2. The van der Waals surface area contributed by atoms with Crippen molar-refractivity contribution < 1.29 is 9.72 Å². The van der Waals surface area contributed by atoms with Crippen LogP contribution in [0.2, 0.25) is 0 Å². The molecule has 0 spiro atoms. The number of para-hydroxylation sites is 1. The first-order valence-corrected chi connectivity index (χ1v) is 11.5. The highest BCUT2D eigenvalue weighted by Gasteiger charge is 2.18. The third kappa shape index (κ3) is 5.37. The molecular weight excluding hydrogens is 460 g/mol. The zero-order valence-corrected chi connectivity index (χ0v) is 19.8. The van der Waals surface area contributed by atoms with E-state index in [2.05, 4.69) is 10.3 Å². The van der Waals surface area contributed by atoms with E-state index in [9.17, 15) is 20.2 Å². The Bertz CT molecular complexity index is 1530. The minimum Gasteiger partial charge on any atom is -0.321 e. The number of aryl methyl sites for hydroxylation is 2. The second-order valence-corrected chi connectivity index (χ2v) is 8.92. The quantitative estimate of drug-likeness (QED) is 0.147. The Morgan fingerprint density at radius 3 is 2.60 bits per heavy atom. The van der Waals surface area contributed by atoms with E-state index in [0.717, 1.165) is 26.9 Å². The first-order chi connectivity index (χ1) is 16.9. The summed E-state index contributed by atoms with van der Waals surface area (Å²) in [5, 5.41) is 25.0. The smallest absolute Gasteiger partial charge is 0.283 e. The molecule has 4 rings (SSSR count). The number of nitrogens with zero attached hydrogens (tertiary/aromatic N) is 3. The van der Waals surface area contributed by atoms with Crippen LogP contribution in [0.4, 0.5) is 11.4 Å². The molecule has 0 unspecified atom stereocenters. The van der Waals surface area contributed by atoms with Crippen LogP contribution in [-0.4, -0.2) is 15.8 Å². The summed E-state index contributed by atoms with van der Waals surface area (Å²) in [6.07, 6.45) is 3.03. The number of fused-ring (bicyclic) bond motifs is 1. The van der Waals surface area contributed by atoms with Crippen LogP contribution in [0.3, 0.4) is 0 Å². The number of nitro benzene ring substituents is 1. The lowest BCUT2D eigenvalue weighted by Gasteiger charge is -2.08. The van der Waals surface area contributed by atoms with Gasteiger partial charge in [0.25, 0.3) is 11.6 Å². The molecule has 0 bridgehead atoms. The van der Waals surface area contributed by atoms with E-state index in [1.807, 2.05) is 62.4 Å². The molecule has 0 radical (unpaired) electrons. The number of benzene rings is 3. The number of nitriles is 1. The van der Waals surface area contributed by atoms with Crippen molar-refractivity contribution in [1.29, 1.82) is 5.26 Å². The average Bonchev–Trinajstić information content (AvgIpc) is 2.85. The maximum absolute atomic E-state index is 12.6. The number of hydrogen-bond acceptors (Lipinski definition) is 6. The predicted octanol–water partition coefficient (Wildman–Crippen LogP) is 6.46. The zero-order valence-electron chi connectivity index (χ0n) is 19.0. The van der Waals surface area contributed by atoms with E-state index < -0.39 is 10.8 Å². The lowest BCUT2D eigenvalue weighted by atomic mass is 10.1. The zero-order chi connectivity index (χ0) is 24.9. The largest absolute Gasteiger partial charge is 0.321 e. The number of hydrogen-bond donors (Lipinski definition) is 1. The van der Waals surface area contributed by atoms with Crippen molar-refractivity contribution in [2.45, 2.75) is 23.6 Å². The molecule has 0 atom stereocenters. The number of anilines is 1. The Morgan fingerprint density at radius 1 is 1.06 bits per heavy atom. The molecular formula is C27H20N4O3S. The van der Waals surface area contributed by atoms with Gasteiger partial charge in [-0.05, 0) is 66.9 Å². The van der Waals surface area contributed by atoms with Gasteiger partial charge in [-0.15, -0.1) is 0 Å². The summed E-state index contributed by atoms with van der Waals surface area (Å²) >= 11 is 1.25. The van der Waals surface area contributed by atoms with Crippen molar-refractivity contribution >= 4 is 46.0 Å². The Hall–Kier alpha value is -4.48. The SMILES string of the molecule is Cc1ccc(NC(=O)/C(C#N)=C/c2ccc(Sc3cccc4cccnc34)c([N+](=O)[O-])c2)cc1C. The molecule has 0 saturated carbocycles. The summed E-state index contributed by atoms with van der Waals surface area (Å²) in [7, 11) is 0. The summed E-state index contributed by atoms with van der Waals surface area (Å²) in [5.74, 6) is -0.585. The summed E-state index contributed by atoms with van der Waals surface area (Å²) in [6, 6.07) is 21.4. The highest BCUT2D eigenvalue weighted by molar-refractivity contribution is 7.99. The van der Waals surface area contributed by atoms with Crippen LogP contribution in [-0.2, 0) is 4.79 Å². The number of carbonyl (C=O) groups excluding carboxylic acids is 1. The van der Waals surface area contributed by atoms with Gasteiger partial charge in [-0.25, -0.2) is 0 Å². The van der Waals surface area contributed by atoms with Gasteiger partial charge >= 0.3 is 0 Å². The minimum absolute atomic E-state index is 0.122. The van der Waals surface area contributed by atoms with Gasteiger partial charge < -0.3 is 5.32 Å². The van der Waals surface area contributed by atoms with Crippen LogP contribution >= 0.6 is 11.8 Å². The molecule has 0 fully saturated rings. The first-order valence-electron chi connectivity index (χ1n) is 10.7. The fourth-order valence-electron chi connectivity index (χ4n) is 3.46. The lowest BCUT2D eigenvalue weighted by Crippen LogP contribution is -2.13. The molecule has 0 aliphatic heterocycles. The van der Waals surface area contributed by atoms with Gasteiger partial charge in [-0.2, -0.15) is 5.26 Å². The van der Waals surface area contributed by atoms with Crippen LogP contribution in [0.1, 0.15) is 16.7 Å². The van der Waals surface area contributed by atoms with E-state index in [0.29, 0.717) is 16.1 Å². The second kappa shape index (κ2) is 10.2. The third-order valence-corrected chi connectivity index (χ3v) is 6.55. The molecule has 1 aromatic heterocycles. The monoisotopic (exact) mass is 480 g/mol.